The monoisotopic (exact) mass is 186 g/mol. The fourth-order valence-electron chi connectivity index (χ4n) is 0.514. The largest absolute Gasteiger partial charge is 0.521 e. The van der Waals surface area contributed by atoms with E-state index in [1.54, 1.807) is 13.0 Å². The Balaban J connectivity index is 3.89. The number of allylic oxidation sites excluding steroid dienone is 1. The zero-order chi connectivity index (χ0) is 9.78. The van der Waals surface area contributed by atoms with Gasteiger partial charge in [-0.2, -0.15) is 0 Å². The van der Waals surface area contributed by atoms with Crippen molar-refractivity contribution in [1.82, 2.24) is 0 Å². The fraction of sp³-hybridized carbons (Fsp3) is 0.667. The van der Waals surface area contributed by atoms with Crippen LogP contribution in [-0.4, -0.2) is 15.7 Å². The highest BCUT2D eigenvalue weighted by Crippen LogP contribution is 2.20. The third-order valence-electron chi connectivity index (χ3n) is 1.39. The Bertz CT molecular complexity index is 189. The van der Waals surface area contributed by atoms with Crippen molar-refractivity contribution >= 4 is 15.7 Å². The van der Waals surface area contributed by atoms with Crippen LogP contribution in [0.5, 0.6) is 0 Å². The average Bonchev–Trinajstić information content (AvgIpc) is 1.97. The second-order valence-corrected chi connectivity index (χ2v) is 6.81. The lowest BCUT2D eigenvalue weighted by atomic mass is 10.3. The summed E-state index contributed by atoms with van der Waals surface area (Å²) in [6.07, 6.45) is 1.78. The summed E-state index contributed by atoms with van der Waals surface area (Å²) >= 11 is 0. The smallest absolute Gasteiger partial charge is 0.319 e. The minimum atomic E-state index is -0.740. The van der Waals surface area contributed by atoms with Gasteiger partial charge in [-0.05, 0) is 18.9 Å². The van der Waals surface area contributed by atoms with Gasteiger partial charge in [0.2, 0.25) is 9.76 Å². The highest BCUT2D eigenvalue weighted by molar-refractivity contribution is 6.35. The summed E-state index contributed by atoms with van der Waals surface area (Å²) in [4.78, 5) is 11.2. The van der Waals surface area contributed by atoms with Crippen molar-refractivity contribution in [3.8, 4) is 0 Å². The van der Waals surface area contributed by atoms with E-state index in [4.69, 9.17) is 4.43 Å². The third kappa shape index (κ3) is 5.13. The van der Waals surface area contributed by atoms with E-state index in [9.17, 15) is 4.79 Å². The zero-order valence-electron chi connectivity index (χ0n) is 8.60. The van der Waals surface area contributed by atoms with Crippen molar-refractivity contribution in [2.24, 2.45) is 0 Å². The normalized spacial score (nSPS) is 13.9. The molecule has 70 valence electrons. The Morgan fingerprint density at radius 1 is 1.42 bits per heavy atom. The van der Waals surface area contributed by atoms with Crippen molar-refractivity contribution in [2.75, 3.05) is 0 Å². The molecule has 0 aromatic heterocycles. The number of rotatable bonds is 2. The Morgan fingerprint density at radius 2 is 1.92 bits per heavy atom. The molecule has 0 saturated heterocycles. The maximum Gasteiger partial charge on any atom is 0.319 e. The van der Waals surface area contributed by atoms with E-state index in [0.717, 1.165) is 0 Å². The van der Waals surface area contributed by atoms with Crippen LogP contribution in [0.4, 0.5) is 0 Å². The lowest BCUT2D eigenvalue weighted by Gasteiger charge is -2.16. The molecule has 0 heterocycles. The summed E-state index contributed by atoms with van der Waals surface area (Å²) in [5, 5.41) is 0.184. The predicted molar refractivity (Wildman–Crippen MR) is 53.8 cm³/mol. The van der Waals surface area contributed by atoms with Crippen LogP contribution in [-0.2, 0) is 9.22 Å². The number of carbonyl (C=O) groups excluding carboxylic acids is 1. The van der Waals surface area contributed by atoms with Gasteiger partial charge in [-0.25, -0.2) is 4.79 Å². The van der Waals surface area contributed by atoms with Gasteiger partial charge in [-0.15, -0.1) is 0 Å². The SMILES string of the molecule is CC=C(C)C(=O)O[SiH2]C(C)(C)C. The highest BCUT2D eigenvalue weighted by atomic mass is 28.2. The van der Waals surface area contributed by atoms with Crippen LogP contribution in [0.3, 0.4) is 0 Å². The molecule has 0 saturated carbocycles. The molecular weight excluding hydrogens is 168 g/mol. The van der Waals surface area contributed by atoms with Crippen molar-refractivity contribution in [3.63, 3.8) is 0 Å². The second-order valence-electron chi connectivity index (χ2n) is 4.11. The molecule has 0 aromatic carbocycles. The first-order valence-electron chi connectivity index (χ1n) is 4.17. The van der Waals surface area contributed by atoms with Crippen LogP contribution in [0.1, 0.15) is 34.6 Å². The molecule has 0 atom stereocenters. The molecule has 0 bridgehead atoms. The van der Waals surface area contributed by atoms with E-state index in [1.165, 1.54) is 0 Å². The molecule has 0 aromatic rings. The highest BCUT2D eigenvalue weighted by Gasteiger charge is 2.15. The van der Waals surface area contributed by atoms with Crippen LogP contribution in [0.15, 0.2) is 11.6 Å². The van der Waals surface area contributed by atoms with Gasteiger partial charge in [-0.1, -0.05) is 26.8 Å². The first kappa shape index (κ1) is 11.4. The first-order valence-corrected chi connectivity index (χ1v) is 5.45. The molecule has 0 radical (unpaired) electrons. The van der Waals surface area contributed by atoms with Crippen LogP contribution in [0, 0.1) is 0 Å². The standard InChI is InChI=1S/C9H18O2Si/c1-6-7(2)8(10)11-12-9(3,4)5/h6H,12H2,1-5H3. The summed E-state index contributed by atoms with van der Waals surface area (Å²) in [6.45, 7) is 9.90. The van der Waals surface area contributed by atoms with Crippen LogP contribution < -0.4 is 0 Å². The van der Waals surface area contributed by atoms with E-state index < -0.39 is 9.76 Å². The van der Waals surface area contributed by atoms with Gasteiger partial charge >= 0.3 is 5.97 Å². The summed E-state index contributed by atoms with van der Waals surface area (Å²) in [7, 11) is -0.740. The van der Waals surface area contributed by atoms with Crippen LogP contribution in [0.2, 0.25) is 5.04 Å². The molecule has 0 aliphatic heterocycles. The second kappa shape index (κ2) is 4.45. The fourth-order valence-corrected chi connectivity index (χ4v) is 1.31. The lowest BCUT2D eigenvalue weighted by molar-refractivity contribution is -0.130. The van der Waals surface area contributed by atoms with Gasteiger partial charge < -0.3 is 4.43 Å². The summed E-state index contributed by atoms with van der Waals surface area (Å²) < 4.78 is 5.19. The molecule has 2 nitrogen and oxygen atoms in total. The Morgan fingerprint density at radius 3 is 2.25 bits per heavy atom. The van der Waals surface area contributed by atoms with Crippen molar-refractivity contribution in [2.45, 2.75) is 39.7 Å². The van der Waals surface area contributed by atoms with Gasteiger partial charge in [-0.3, -0.25) is 0 Å². The summed E-state index contributed by atoms with van der Waals surface area (Å²) in [6, 6.07) is 0. The van der Waals surface area contributed by atoms with E-state index in [0.29, 0.717) is 5.57 Å². The number of carbonyl (C=O) groups is 1. The number of hydrogen-bond donors (Lipinski definition) is 0. The maximum absolute atomic E-state index is 11.2. The molecule has 0 spiro atoms. The van der Waals surface area contributed by atoms with Crippen molar-refractivity contribution < 1.29 is 9.22 Å². The third-order valence-corrected chi connectivity index (χ3v) is 2.66. The summed E-state index contributed by atoms with van der Waals surface area (Å²) in [5.41, 5.74) is 0.701. The molecule has 0 unspecified atom stereocenters. The Kier molecular flexibility index (Phi) is 4.24. The van der Waals surface area contributed by atoms with Gasteiger partial charge in [0.15, 0.2) is 0 Å². The van der Waals surface area contributed by atoms with Crippen LogP contribution in [0.25, 0.3) is 0 Å². The molecule has 0 amide bonds. The van der Waals surface area contributed by atoms with E-state index in [-0.39, 0.29) is 11.0 Å². The minimum absolute atomic E-state index is 0.154. The van der Waals surface area contributed by atoms with E-state index in [1.807, 2.05) is 6.92 Å². The van der Waals surface area contributed by atoms with Gasteiger partial charge in [0.05, 0.1) is 0 Å². The summed E-state index contributed by atoms with van der Waals surface area (Å²) in [5.74, 6) is -0.154. The number of hydrogen-bond acceptors (Lipinski definition) is 2. The molecule has 3 heteroatoms. The first-order chi connectivity index (χ1) is 5.37. The van der Waals surface area contributed by atoms with Gasteiger partial charge in [0, 0.05) is 5.57 Å². The topological polar surface area (TPSA) is 26.3 Å². The molecule has 0 rings (SSSR count). The molecule has 0 fully saturated rings. The minimum Gasteiger partial charge on any atom is -0.521 e. The molecule has 0 aliphatic carbocycles. The van der Waals surface area contributed by atoms with E-state index in [2.05, 4.69) is 20.8 Å². The molecule has 12 heavy (non-hydrogen) atoms. The van der Waals surface area contributed by atoms with Crippen molar-refractivity contribution in [3.05, 3.63) is 11.6 Å². The molecule has 0 N–H and O–H groups in total. The quantitative estimate of drug-likeness (QED) is 0.485. The van der Waals surface area contributed by atoms with E-state index >= 15 is 0 Å². The van der Waals surface area contributed by atoms with Crippen molar-refractivity contribution in [1.29, 1.82) is 0 Å². The zero-order valence-corrected chi connectivity index (χ0v) is 10.0. The Labute approximate surface area is 76.9 Å². The predicted octanol–water partition coefficient (Wildman–Crippen LogP) is 1.80. The average molecular weight is 186 g/mol. The molecular formula is C9H18O2Si. The lowest BCUT2D eigenvalue weighted by Crippen LogP contribution is -2.17. The van der Waals surface area contributed by atoms with Gasteiger partial charge in [0.1, 0.15) is 0 Å². The Hall–Kier alpha value is -0.573. The maximum atomic E-state index is 11.2. The van der Waals surface area contributed by atoms with Gasteiger partial charge in [0.25, 0.3) is 0 Å². The van der Waals surface area contributed by atoms with Crippen LogP contribution >= 0.6 is 0 Å². The molecule has 0 aliphatic rings.